The summed E-state index contributed by atoms with van der Waals surface area (Å²) in [6.07, 6.45) is 3.07. The summed E-state index contributed by atoms with van der Waals surface area (Å²) in [6.45, 7) is 6.39. The van der Waals surface area contributed by atoms with E-state index in [1.165, 1.54) is 16.9 Å². The van der Waals surface area contributed by atoms with Crippen LogP contribution < -0.4 is 33.8 Å². The molecule has 0 fully saturated rings. The topological polar surface area (TPSA) is 97.6 Å². The molecule has 0 amide bonds. The van der Waals surface area contributed by atoms with E-state index in [9.17, 15) is 9.59 Å². The molecule has 1 atom stereocenters. The maximum Gasteiger partial charge on any atom is 0.338 e. The molecule has 4 aromatic rings. The van der Waals surface area contributed by atoms with E-state index in [1.807, 2.05) is 56.3 Å². The van der Waals surface area contributed by atoms with Gasteiger partial charge in [-0.1, -0.05) is 60.6 Å². The lowest BCUT2D eigenvalue weighted by molar-refractivity contribution is -0.139. The standard InChI is InChI=1S/C36H38N2O7S/c1-7-9-27-32(35(40)44-8-2)33(26-20-25(41-4)15-17-28(26)42-5)38-34(39)31(46-36(38)37-27)19-24-14-16-29(30(18-24)43-6)45-21-23-12-10-22(3)11-13-23/h10-20,33H,7-9,21H2,1-6H3/b31-19-/t33-/m1/s1. The summed E-state index contributed by atoms with van der Waals surface area (Å²) in [6, 6.07) is 18.2. The Morgan fingerprint density at radius 2 is 1.67 bits per heavy atom. The molecule has 0 N–H and O–H groups in total. The molecule has 3 aromatic carbocycles. The lowest BCUT2D eigenvalue weighted by Crippen LogP contribution is -2.40. The Bertz CT molecular complexity index is 1940. The third kappa shape index (κ3) is 6.72. The molecule has 0 spiro atoms. The Kier molecular flexibility index (Phi) is 10.3. The quantitative estimate of drug-likeness (QED) is 0.189. The lowest BCUT2D eigenvalue weighted by atomic mass is 9.93. The van der Waals surface area contributed by atoms with Crippen LogP contribution in [0.5, 0.6) is 23.0 Å². The first kappa shape index (κ1) is 32.6. The molecule has 1 aliphatic rings. The first-order chi connectivity index (χ1) is 22.3. The van der Waals surface area contributed by atoms with Crippen LogP contribution in [0.4, 0.5) is 0 Å². The summed E-state index contributed by atoms with van der Waals surface area (Å²) in [7, 11) is 4.70. The lowest BCUT2D eigenvalue weighted by Gasteiger charge is -2.27. The molecule has 9 nitrogen and oxygen atoms in total. The smallest absolute Gasteiger partial charge is 0.338 e. The molecule has 10 heteroatoms. The van der Waals surface area contributed by atoms with Crippen LogP contribution in [0.1, 0.15) is 55.0 Å². The zero-order valence-corrected chi connectivity index (χ0v) is 27.7. The number of thiazole rings is 1. The Labute approximate surface area is 272 Å². The molecule has 240 valence electrons. The third-order valence-electron chi connectivity index (χ3n) is 7.62. The summed E-state index contributed by atoms with van der Waals surface area (Å²) in [5, 5.41) is 0. The number of hydrogen-bond acceptors (Lipinski definition) is 9. The third-order valence-corrected chi connectivity index (χ3v) is 8.61. The van der Waals surface area contributed by atoms with Crippen LogP contribution in [0.2, 0.25) is 0 Å². The van der Waals surface area contributed by atoms with E-state index in [-0.39, 0.29) is 12.2 Å². The van der Waals surface area contributed by atoms with Gasteiger partial charge in [-0.05, 0) is 67.8 Å². The van der Waals surface area contributed by atoms with Gasteiger partial charge in [-0.2, -0.15) is 0 Å². The van der Waals surface area contributed by atoms with Gasteiger partial charge >= 0.3 is 5.97 Å². The molecule has 2 heterocycles. The molecule has 46 heavy (non-hydrogen) atoms. The van der Waals surface area contributed by atoms with Gasteiger partial charge in [0, 0.05) is 5.56 Å². The predicted octanol–water partition coefficient (Wildman–Crippen LogP) is 5.49. The van der Waals surface area contributed by atoms with Gasteiger partial charge in [-0.25, -0.2) is 9.79 Å². The molecule has 0 unspecified atom stereocenters. The number of allylic oxidation sites excluding steroid dienone is 1. The van der Waals surface area contributed by atoms with Crippen LogP contribution >= 0.6 is 11.3 Å². The van der Waals surface area contributed by atoms with Gasteiger partial charge in [0.25, 0.3) is 5.56 Å². The number of ether oxygens (including phenoxy) is 5. The summed E-state index contributed by atoms with van der Waals surface area (Å²) in [5.41, 5.74) is 4.17. The zero-order chi connectivity index (χ0) is 32.8. The SMILES string of the molecule is CCCC1=C(C(=O)OCC)[C@@H](c2cc(OC)ccc2OC)n2c(s/c(=C\c3ccc(OCc4ccc(C)cc4)c(OC)c3)c2=O)=N1. The number of methoxy groups -OCH3 is 3. The zero-order valence-electron chi connectivity index (χ0n) is 26.9. The van der Waals surface area contributed by atoms with E-state index in [4.69, 9.17) is 28.7 Å². The Hall–Kier alpha value is -4.83. The summed E-state index contributed by atoms with van der Waals surface area (Å²) in [5.74, 6) is 1.68. The predicted molar refractivity (Wildman–Crippen MR) is 178 cm³/mol. The maximum absolute atomic E-state index is 14.2. The molecule has 0 saturated carbocycles. The molecule has 0 aliphatic carbocycles. The number of carbonyl (C=O) groups excluding carboxylic acids is 1. The van der Waals surface area contributed by atoms with Gasteiger partial charge in [0.15, 0.2) is 16.3 Å². The fraction of sp³-hybridized carbons (Fsp3) is 0.306. The Balaban J connectivity index is 1.62. The molecule has 1 aromatic heterocycles. The fourth-order valence-electron chi connectivity index (χ4n) is 5.36. The van der Waals surface area contributed by atoms with E-state index in [1.54, 1.807) is 57.1 Å². The highest BCUT2D eigenvalue weighted by molar-refractivity contribution is 7.07. The van der Waals surface area contributed by atoms with Gasteiger partial charge in [0.05, 0.1) is 43.7 Å². The first-order valence-electron chi connectivity index (χ1n) is 15.1. The number of nitrogens with zero attached hydrogens (tertiary/aromatic N) is 2. The highest BCUT2D eigenvalue weighted by Crippen LogP contribution is 2.39. The van der Waals surface area contributed by atoms with Gasteiger partial charge in [0.1, 0.15) is 24.1 Å². The van der Waals surface area contributed by atoms with Crippen molar-refractivity contribution >= 4 is 23.4 Å². The van der Waals surface area contributed by atoms with Crippen molar-refractivity contribution in [3.63, 3.8) is 0 Å². The van der Waals surface area contributed by atoms with Gasteiger partial charge in [0.2, 0.25) is 0 Å². The largest absolute Gasteiger partial charge is 0.497 e. The molecule has 0 bridgehead atoms. The van der Waals surface area contributed by atoms with Crippen molar-refractivity contribution in [1.29, 1.82) is 0 Å². The molecular weight excluding hydrogens is 604 g/mol. The number of hydrogen-bond donors (Lipinski definition) is 0. The monoisotopic (exact) mass is 642 g/mol. The van der Waals surface area contributed by atoms with Crippen LogP contribution in [-0.4, -0.2) is 38.5 Å². The number of aryl methyl sites for hydroxylation is 1. The number of benzene rings is 3. The van der Waals surface area contributed by atoms with Crippen molar-refractivity contribution in [2.45, 2.75) is 46.3 Å². The number of rotatable bonds is 12. The number of carbonyl (C=O) groups is 1. The minimum atomic E-state index is -0.837. The second-order valence-electron chi connectivity index (χ2n) is 10.7. The van der Waals surface area contributed by atoms with Crippen molar-refractivity contribution in [2.24, 2.45) is 4.99 Å². The minimum Gasteiger partial charge on any atom is -0.497 e. The second kappa shape index (κ2) is 14.5. The van der Waals surface area contributed by atoms with E-state index in [0.717, 1.165) is 17.5 Å². The Morgan fingerprint density at radius 1 is 0.935 bits per heavy atom. The summed E-state index contributed by atoms with van der Waals surface area (Å²) < 4.78 is 30.4. The van der Waals surface area contributed by atoms with Crippen molar-refractivity contribution in [1.82, 2.24) is 4.57 Å². The summed E-state index contributed by atoms with van der Waals surface area (Å²) in [4.78, 5) is 33.1. The number of fused-ring (bicyclic) bond motifs is 1. The van der Waals surface area contributed by atoms with Crippen LogP contribution in [-0.2, 0) is 16.1 Å². The van der Waals surface area contributed by atoms with Gasteiger partial charge < -0.3 is 23.7 Å². The molecule has 0 saturated heterocycles. The van der Waals surface area contributed by atoms with Crippen molar-refractivity contribution < 1.29 is 28.5 Å². The van der Waals surface area contributed by atoms with Crippen molar-refractivity contribution in [3.05, 3.63) is 114 Å². The van der Waals surface area contributed by atoms with Crippen molar-refractivity contribution in [3.8, 4) is 23.0 Å². The van der Waals surface area contributed by atoms with E-state index >= 15 is 0 Å². The Morgan fingerprint density at radius 3 is 2.35 bits per heavy atom. The van der Waals surface area contributed by atoms with Crippen molar-refractivity contribution in [2.75, 3.05) is 27.9 Å². The fourth-order valence-corrected chi connectivity index (χ4v) is 6.38. The molecule has 0 radical (unpaired) electrons. The maximum atomic E-state index is 14.2. The molecule has 1 aliphatic heterocycles. The highest BCUT2D eigenvalue weighted by atomic mass is 32.1. The van der Waals surface area contributed by atoms with Crippen LogP contribution in [0.25, 0.3) is 6.08 Å². The minimum absolute atomic E-state index is 0.181. The van der Waals surface area contributed by atoms with Crippen LogP contribution in [0.3, 0.4) is 0 Å². The second-order valence-corrected chi connectivity index (χ2v) is 11.7. The van der Waals surface area contributed by atoms with Gasteiger partial charge in [-0.15, -0.1) is 0 Å². The number of esters is 1. The normalized spacial score (nSPS) is 14.4. The van der Waals surface area contributed by atoms with Crippen LogP contribution in [0.15, 0.2) is 81.7 Å². The first-order valence-corrected chi connectivity index (χ1v) is 15.9. The van der Waals surface area contributed by atoms with Gasteiger partial charge in [-0.3, -0.25) is 9.36 Å². The highest BCUT2D eigenvalue weighted by Gasteiger charge is 2.36. The van der Waals surface area contributed by atoms with Crippen LogP contribution in [0, 0.1) is 6.92 Å². The summed E-state index contributed by atoms with van der Waals surface area (Å²) >= 11 is 1.26. The molecule has 5 rings (SSSR count). The average molecular weight is 643 g/mol. The molecular formula is C36H38N2O7S. The van der Waals surface area contributed by atoms with E-state index in [2.05, 4.69) is 0 Å². The average Bonchev–Trinajstić information content (AvgIpc) is 3.37. The van der Waals surface area contributed by atoms with E-state index in [0.29, 0.717) is 62.2 Å². The number of aromatic nitrogens is 1. The van der Waals surface area contributed by atoms with E-state index < -0.39 is 12.0 Å².